The van der Waals surface area contributed by atoms with Gasteiger partial charge in [0.05, 0.1) is 12.5 Å². The number of nitrogens with one attached hydrogen (secondary N) is 1. The van der Waals surface area contributed by atoms with Crippen LogP contribution < -0.4 is 5.32 Å². The van der Waals surface area contributed by atoms with Crippen LogP contribution in [0.25, 0.3) is 0 Å². The lowest BCUT2D eigenvalue weighted by molar-refractivity contribution is -0.138. The number of hydrogen-bond donors (Lipinski definition) is 2. The van der Waals surface area contributed by atoms with Gasteiger partial charge in [-0.25, -0.2) is 0 Å². The van der Waals surface area contributed by atoms with Gasteiger partial charge in [-0.15, -0.1) is 0 Å². The third kappa shape index (κ3) is 4.89. The lowest BCUT2D eigenvalue weighted by Gasteiger charge is -2.19. The van der Waals surface area contributed by atoms with E-state index in [0.29, 0.717) is 10.6 Å². The molecule has 0 bridgehead atoms. The van der Waals surface area contributed by atoms with Crippen LogP contribution in [-0.2, 0) is 14.3 Å². The van der Waals surface area contributed by atoms with Gasteiger partial charge in [-0.3, -0.25) is 9.59 Å². The van der Waals surface area contributed by atoms with Crippen LogP contribution in [0.5, 0.6) is 0 Å². The zero-order valence-corrected chi connectivity index (χ0v) is 11.5. The van der Waals surface area contributed by atoms with Gasteiger partial charge in [0.15, 0.2) is 0 Å². The van der Waals surface area contributed by atoms with Crippen molar-refractivity contribution >= 4 is 23.5 Å². The summed E-state index contributed by atoms with van der Waals surface area (Å²) >= 11 is 5.78. The highest BCUT2D eigenvalue weighted by atomic mass is 35.5. The third-order valence-corrected chi connectivity index (χ3v) is 2.94. The molecule has 104 valence electrons. The number of carbonyl (C=O) groups excluding carboxylic acids is 1. The molecule has 0 aromatic heterocycles. The van der Waals surface area contributed by atoms with E-state index in [1.54, 1.807) is 31.2 Å². The van der Waals surface area contributed by atoms with Crippen LogP contribution in [0.2, 0.25) is 5.02 Å². The summed E-state index contributed by atoms with van der Waals surface area (Å²) < 4.78 is 4.89. The van der Waals surface area contributed by atoms with Crippen molar-refractivity contribution in [2.24, 2.45) is 0 Å². The molecule has 0 radical (unpaired) electrons. The molecule has 0 saturated heterocycles. The van der Waals surface area contributed by atoms with Crippen molar-refractivity contribution in [3.63, 3.8) is 0 Å². The van der Waals surface area contributed by atoms with E-state index in [9.17, 15) is 9.59 Å². The first kappa shape index (κ1) is 15.5. The van der Waals surface area contributed by atoms with Crippen LogP contribution in [0.3, 0.4) is 0 Å². The van der Waals surface area contributed by atoms with Crippen LogP contribution >= 0.6 is 11.6 Å². The molecule has 0 spiro atoms. The van der Waals surface area contributed by atoms with E-state index in [1.165, 1.54) is 7.11 Å². The maximum atomic E-state index is 11.8. The second kappa shape index (κ2) is 7.11. The van der Waals surface area contributed by atoms with E-state index >= 15 is 0 Å². The number of carboxylic acids is 1. The van der Waals surface area contributed by atoms with Gasteiger partial charge in [-0.2, -0.15) is 0 Å². The summed E-state index contributed by atoms with van der Waals surface area (Å²) in [6, 6.07) is 6.07. The molecule has 19 heavy (non-hydrogen) atoms. The summed E-state index contributed by atoms with van der Waals surface area (Å²) in [5.41, 5.74) is 0.684. The minimum atomic E-state index is -0.995. The number of carbonyl (C=O) groups is 2. The Morgan fingerprint density at radius 3 is 2.42 bits per heavy atom. The van der Waals surface area contributed by atoms with E-state index in [-0.39, 0.29) is 12.3 Å². The Morgan fingerprint density at radius 2 is 1.95 bits per heavy atom. The molecule has 0 saturated carbocycles. The zero-order valence-electron chi connectivity index (χ0n) is 10.7. The molecule has 0 heterocycles. The highest BCUT2D eigenvalue weighted by Crippen LogP contribution is 2.19. The fourth-order valence-corrected chi connectivity index (χ4v) is 1.64. The van der Waals surface area contributed by atoms with Crippen molar-refractivity contribution in [3.8, 4) is 0 Å². The normalized spacial score (nSPS) is 13.6. The monoisotopic (exact) mass is 285 g/mol. The van der Waals surface area contributed by atoms with Gasteiger partial charge in [-0.05, 0) is 24.6 Å². The largest absolute Gasteiger partial charge is 0.481 e. The Kier molecular flexibility index (Phi) is 5.79. The van der Waals surface area contributed by atoms with E-state index < -0.39 is 18.1 Å². The Bertz CT molecular complexity index is 446. The second-order valence-electron chi connectivity index (χ2n) is 4.09. The van der Waals surface area contributed by atoms with Gasteiger partial charge in [0.25, 0.3) is 0 Å². The minimum Gasteiger partial charge on any atom is -0.481 e. The quantitative estimate of drug-likeness (QED) is 0.838. The summed E-state index contributed by atoms with van der Waals surface area (Å²) in [6.07, 6.45) is -0.840. The number of hydrogen-bond acceptors (Lipinski definition) is 3. The van der Waals surface area contributed by atoms with E-state index in [1.807, 2.05) is 0 Å². The Morgan fingerprint density at radius 1 is 1.37 bits per heavy atom. The molecule has 1 unspecified atom stereocenters. The van der Waals surface area contributed by atoms with Crippen molar-refractivity contribution < 1.29 is 19.4 Å². The van der Waals surface area contributed by atoms with Crippen molar-refractivity contribution in [2.75, 3.05) is 7.11 Å². The van der Waals surface area contributed by atoms with Crippen LogP contribution in [0.4, 0.5) is 0 Å². The number of halogens is 1. The van der Waals surface area contributed by atoms with Gasteiger partial charge in [0.1, 0.15) is 6.10 Å². The second-order valence-corrected chi connectivity index (χ2v) is 4.52. The average Bonchev–Trinajstić information content (AvgIpc) is 2.37. The number of rotatable bonds is 6. The Balaban J connectivity index is 2.85. The zero-order chi connectivity index (χ0) is 14.4. The molecule has 1 amide bonds. The maximum absolute atomic E-state index is 11.8. The summed E-state index contributed by atoms with van der Waals surface area (Å²) in [6.45, 7) is 1.59. The van der Waals surface area contributed by atoms with Crippen molar-refractivity contribution in [2.45, 2.75) is 25.5 Å². The number of amides is 1. The fourth-order valence-electron chi connectivity index (χ4n) is 1.52. The molecule has 0 aliphatic carbocycles. The number of methoxy groups -OCH3 is 1. The van der Waals surface area contributed by atoms with Crippen LogP contribution in [0, 0.1) is 0 Å². The molecule has 1 aromatic carbocycles. The number of carboxylic acid groups (broad SMARTS) is 1. The topological polar surface area (TPSA) is 75.6 Å². The highest BCUT2D eigenvalue weighted by Gasteiger charge is 2.21. The predicted molar refractivity (Wildman–Crippen MR) is 71.1 cm³/mol. The first-order chi connectivity index (χ1) is 8.93. The Labute approximate surface area is 116 Å². The molecule has 0 aliphatic rings. The van der Waals surface area contributed by atoms with E-state index in [4.69, 9.17) is 21.4 Å². The smallest absolute Gasteiger partial charge is 0.305 e. The highest BCUT2D eigenvalue weighted by molar-refractivity contribution is 6.30. The van der Waals surface area contributed by atoms with Crippen LogP contribution in [-0.4, -0.2) is 30.2 Å². The molecule has 2 atom stereocenters. The maximum Gasteiger partial charge on any atom is 0.305 e. The van der Waals surface area contributed by atoms with Gasteiger partial charge < -0.3 is 15.2 Å². The third-order valence-electron chi connectivity index (χ3n) is 2.69. The standard InChI is InChI=1S/C13H16ClNO4/c1-8(19-2)13(18)15-11(7-12(16)17)9-3-5-10(14)6-4-9/h3-6,8,11H,7H2,1-2H3,(H,15,18)(H,16,17)/t8?,11-/m0/s1. The van der Waals surface area contributed by atoms with Gasteiger partial charge in [0, 0.05) is 12.1 Å². The lowest BCUT2D eigenvalue weighted by Crippen LogP contribution is -2.37. The lowest BCUT2D eigenvalue weighted by atomic mass is 10.0. The summed E-state index contributed by atoms with van der Waals surface area (Å²) in [4.78, 5) is 22.6. The molecule has 5 nitrogen and oxygen atoms in total. The molecule has 0 fully saturated rings. The van der Waals surface area contributed by atoms with Gasteiger partial charge >= 0.3 is 5.97 Å². The van der Waals surface area contributed by atoms with Crippen LogP contribution in [0.15, 0.2) is 24.3 Å². The molecule has 2 N–H and O–H groups in total. The first-order valence-electron chi connectivity index (χ1n) is 5.74. The van der Waals surface area contributed by atoms with E-state index in [2.05, 4.69) is 5.32 Å². The van der Waals surface area contributed by atoms with Crippen molar-refractivity contribution in [3.05, 3.63) is 34.9 Å². The van der Waals surface area contributed by atoms with Crippen molar-refractivity contribution in [1.29, 1.82) is 0 Å². The predicted octanol–water partition coefficient (Wildman–Crippen LogP) is 2.01. The minimum absolute atomic E-state index is 0.205. The molecule has 1 aromatic rings. The first-order valence-corrected chi connectivity index (χ1v) is 6.12. The summed E-state index contributed by atoms with van der Waals surface area (Å²) in [5.74, 6) is -1.35. The Hall–Kier alpha value is -1.59. The molecule has 6 heteroatoms. The molecular formula is C13H16ClNO4. The van der Waals surface area contributed by atoms with Gasteiger partial charge in [-0.1, -0.05) is 23.7 Å². The SMILES string of the molecule is COC(C)C(=O)N[C@@H](CC(=O)O)c1ccc(Cl)cc1. The van der Waals surface area contributed by atoms with Gasteiger partial charge in [0.2, 0.25) is 5.91 Å². The molecule has 0 aliphatic heterocycles. The molecular weight excluding hydrogens is 270 g/mol. The summed E-state index contributed by atoms with van der Waals surface area (Å²) in [7, 11) is 1.42. The molecule has 1 rings (SSSR count). The van der Waals surface area contributed by atoms with E-state index in [0.717, 1.165) is 0 Å². The number of aliphatic carboxylic acids is 1. The fraction of sp³-hybridized carbons (Fsp3) is 0.385. The summed E-state index contributed by atoms with van der Waals surface area (Å²) in [5, 5.41) is 12.1. The van der Waals surface area contributed by atoms with Crippen molar-refractivity contribution in [1.82, 2.24) is 5.32 Å². The number of ether oxygens (including phenoxy) is 1. The van der Waals surface area contributed by atoms with Crippen LogP contribution in [0.1, 0.15) is 24.9 Å². The average molecular weight is 286 g/mol. The number of benzene rings is 1.